The van der Waals surface area contributed by atoms with Gasteiger partial charge >= 0.3 is 0 Å². The molecule has 98 valence electrons. The second-order valence-corrected chi connectivity index (χ2v) is 5.52. The Hall–Kier alpha value is -0.610. The number of amides is 1. The van der Waals surface area contributed by atoms with Crippen molar-refractivity contribution in [2.75, 3.05) is 26.7 Å². The molecule has 0 aromatic rings. The van der Waals surface area contributed by atoms with Gasteiger partial charge in [0.05, 0.1) is 0 Å². The second kappa shape index (κ2) is 5.83. The topological polar surface area (TPSA) is 44.4 Å². The summed E-state index contributed by atoms with van der Waals surface area (Å²) in [5.74, 6) is 0.275. The Labute approximate surface area is 104 Å². The molecular weight excluding hydrogens is 214 g/mol. The maximum Gasteiger partial charge on any atom is 0.224 e. The molecule has 2 aliphatic heterocycles. The van der Waals surface area contributed by atoms with E-state index in [2.05, 4.69) is 15.5 Å². The molecule has 2 heterocycles. The molecule has 2 saturated heterocycles. The van der Waals surface area contributed by atoms with E-state index in [0.29, 0.717) is 6.04 Å². The summed E-state index contributed by atoms with van der Waals surface area (Å²) in [7, 11) is 1.89. The van der Waals surface area contributed by atoms with Gasteiger partial charge in [0.1, 0.15) is 0 Å². The fourth-order valence-corrected chi connectivity index (χ4v) is 3.10. The molecule has 2 aliphatic rings. The summed E-state index contributed by atoms with van der Waals surface area (Å²) in [6.07, 6.45) is 4.92. The van der Waals surface area contributed by atoms with Crippen LogP contribution < -0.4 is 10.6 Å². The van der Waals surface area contributed by atoms with Gasteiger partial charge in [-0.3, -0.25) is 4.79 Å². The van der Waals surface area contributed by atoms with Crippen molar-refractivity contribution in [3.63, 3.8) is 0 Å². The first-order chi connectivity index (χ1) is 8.20. The molecule has 0 saturated carbocycles. The van der Waals surface area contributed by atoms with Gasteiger partial charge in [-0.1, -0.05) is 6.92 Å². The monoisotopic (exact) mass is 239 g/mol. The first kappa shape index (κ1) is 12.8. The van der Waals surface area contributed by atoms with Crippen LogP contribution in [0.5, 0.6) is 0 Å². The Morgan fingerprint density at radius 3 is 3.00 bits per heavy atom. The molecule has 1 amide bonds. The van der Waals surface area contributed by atoms with Crippen LogP contribution in [0.4, 0.5) is 0 Å². The Balaban J connectivity index is 1.77. The third-order valence-electron chi connectivity index (χ3n) is 4.12. The molecule has 4 nitrogen and oxygen atoms in total. The van der Waals surface area contributed by atoms with Gasteiger partial charge in [0.15, 0.2) is 0 Å². The maximum atomic E-state index is 11.9. The minimum absolute atomic E-state index is 0.0709. The summed E-state index contributed by atoms with van der Waals surface area (Å²) in [6, 6.07) is 1.13. The Bertz CT molecular complexity index is 269. The zero-order valence-electron chi connectivity index (χ0n) is 11.0. The lowest BCUT2D eigenvalue weighted by Gasteiger charge is -2.35. The number of nitrogens with one attached hydrogen (secondary N) is 2. The van der Waals surface area contributed by atoms with E-state index >= 15 is 0 Å². The number of hydrogen-bond donors (Lipinski definition) is 2. The molecule has 0 aromatic heterocycles. The number of hydrogen-bond acceptors (Lipinski definition) is 3. The molecule has 3 unspecified atom stereocenters. The molecule has 0 radical (unpaired) electrons. The number of carbonyl (C=O) groups excluding carboxylic acids is 1. The lowest BCUT2D eigenvalue weighted by molar-refractivity contribution is -0.125. The number of carbonyl (C=O) groups is 1. The highest BCUT2D eigenvalue weighted by atomic mass is 16.1. The van der Waals surface area contributed by atoms with E-state index in [-0.39, 0.29) is 11.8 Å². The molecular formula is C13H25N3O. The van der Waals surface area contributed by atoms with Crippen LogP contribution in [0, 0.1) is 5.92 Å². The zero-order chi connectivity index (χ0) is 12.3. The smallest absolute Gasteiger partial charge is 0.224 e. The van der Waals surface area contributed by atoms with Crippen LogP contribution >= 0.6 is 0 Å². The van der Waals surface area contributed by atoms with E-state index in [1.54, 1.807) is 0 Å². The van der Waals surface area contributed by atoms with Gasteiger partial charge in [0.2, 0.25) is 5.91 Å². The SMILES string of the molecule is CNCC(C)C(=O)NC1CCN2CCCC2C1. The Morgan fingerprint density at radius 2 is 2.24 bits per heavy atom. The molecule has 17 heavy (non-hydrogen) atoms. The minimum Gasteiger partial charge on any atom is -0.353 e. The molecule has 2 N–H and O–H groups in total. The lowest BCUT2D eigenvalue weighted by atomic mass is 9.97. The third-order valence-corrected chi connectivity index (χ3v) is 4.12. The van der Waals surface area contributed by atoms with Crippen LogP contribution in [0.1, 0.15) is 32.6 Å². The summed E-state index contributed by atoms with van der Waals surface area (Å²) >= 11 is 0. The van der Waals surface area contributed by atoms with Gasteiger partial charge < -0.3 is 15.5 Å². The van der Waals surface area contributed by atoms with Gasteiger partial charge in [-0.15, -0.1) is 0 Å². The van der Waals surface area contributed by atoms with Crippen LogP contribution in [0.25, 0.3) is 0 Å². The molecule has 4 heteroatoms. The highest BCUT2D eigenvalue weighted by molar-refractivity contribution is 5.78. The van der Waals surface area contributed by atoms with Gasteiger partial charge in [0, 0.05) is 31.1 Å². The molecule has 2 rings (SSSR count). The summed E-state index contributed by atoms with van der Waals surface area (Å²) < 4.78 is 0. The fourth-order valence-electron chi connectivity index (χ4n) is 3.10. The predicted octanol–water partition coefficient (Wildman–Crippen LogP) is 0.585. The number of piperidine rings is 1. The van der Waals surface area contributed by atoms with E-state index in [9.17, 15) is 4.79 Å². The Morgan fingerprint density at radius 1 is 1.41 bits per heavy atom. The Kier molecular flexibility index (Phi) is 4.40. The summed E-state index contributed by atoms with van der Waals surface area (Å²) in [5, 5.41) is 6.26. The minimum atomic E-state index is 0.0709. The summed E-state index contributed by atoms with van der Waals surface area (Å²) in [4.78, 5) is 14.5. The van der Waals surface area contributed by atoms with E-state index in [0.717, 1.165) is 32.0 Å². The first-order valence-electron chi connectivity index (χ1n) is 6.89. The van der Waals surface area contributed by atoms with Crippen molar-refractivity contribution in [1.82, 2.24) is 15.5 Å². The number of nitrogens with zero attached hydrogens (tertiary/aromatic N) is 1. The van der Waals surface area contributed by atoms with E-state index in [4.69, 9.17) is 0 Å². The van der Waals surface area contributed by atoms with Crippen molar-refractivity contribution in [2.24, 2.45) is 5.92 Å². The van der Waals surface area contributed by atoms with Crippen molar-refractivity contribution >= 4 is 5.91 Å². The van der Waals surface area contributed by atoms with Gasteiger partial charge in [-0.2, -0.15) is 0 Å². The molecule has 0 aliphatic carbocycles. The van der Waals surface area contributed by atoms with Crippen LogP contribution in [0.3, 0.4) is 0 Å². The van der Waals surface area contributed by atoms with Crippen molar-refractivity contribution in [3.8, 4) is 0 Å². The third kappa shape index (κ3) is 3.19. The lowest BCUT2D eigenvalue weighted by Crippen LogP contribution is -2.49. The van der Waals surface area contributed by atoms with E-state index in [1.165, 1.54) is 19.4 Å². The molecule has 0 bridgehead atoms. The maximum absolute atomic E-state index is 11.9. The van der Waals surface area contributed by atoms with Crippen molar-refractivity contribution < 1.29 is 4.79 Å². The van der Waals surface area contributed by atoms with Gasteiger partial charge in [-0.05, 0) is 39.3 Å². The van der Waals surface area contributed by atoms with Crippen molar-refractivity contribution in [2.45, 2.75) is 44.7 Å². The van der Waals surface area contributed by atoms with Crippen LogP contribution in [-0.4, -0.2) is 49.6 Å². The molecule has 0 spiro atoms. The molecule has 2 fully saturated rings. The van der Waals surface area contributed by atoms with Crippen molar-refractivity contribution in [3.05, 3.63) is 0 Å². The highest BCUT2D eigenvalue weighted by Gasteiger charge is 2.32. The summed E-state index contributed by atoms with van der Waals surface area (Å²) in [6.45, 7) is 5.17. The predicted molar refractivity (Wildman–Crippen MR) is 68.9 cm³/mol. The van der Waals surface area contributed by atoms with E-state index < -0.39 is 0 Å². The van der Waals surface area contributed by atoms with Gasteiger partial charge in [-0.25, -0.2) is 0 Å². The second-order valence-electron chi connectivity index (χ2n) is 5.52. The molecule has 3 atom stereocenters. The van der Waals surface area contributed by atoms with Gasteiger partial charge in [0.25, 0.3) is 0 Å². The number of fused-ring (bicyclic) bond motifs is 1. The average Bonchev–Trinajstić information content (AvgIpc) is 2.76. The zero-order valence-corrected chi connectivity index (χ0v) is 11.0. The largest absolute Gasteiger partial charge is 0.353 e. The highest BCUT2D eigenvalue weighted by Crippen LogP contribution is 2.26. The molecule has 0 aromatic carbocycles. The first-order valence-corrected chi connectivity index (χ1v) is 6.89. The van der Waals surface area contributed by atoms with Crippen LogP contribution in [-0.2, 0) is 4.79 Å². The van der Waals surface area contributed by atoms with Crippen LogP contribution in [0.2, 0.25) is 0 Å². The average molecular weight is 239 g/mol. The van der Waals surface area contributed by atoms with Crippen molar-refractivity contribution in [1.29, 1.82) is 0 Å². The fraction of sp³-hybridized carbons (Fsp3) is 0.923. The number of rotatable bonds is 4. The van der Waals surface area contributed by atoms with Crippen LogP contribution in [0.15, 0.2) is 0 Å². The summed E-state index contributed by atoms with van der Waals surface area (Å²) in [5.41, 5.74) is 0. The normalized spacial score (nSPS) is 30.9. The van der Waals surface area contributed by atoms with E-state index in [1.807, 2.05) is 14.0 Å². The standard InChI is InChI=1S/C13H25N3O/c1-10(9-14-2)13(17)15-11-5-7-16-6-3-4-12(16)8-11/h10-12,14H,3-9H2,1-2H3,(H,15,17). The quantitative estimate of drug-likeness (QED) is 0.754.